The highest BCUT2D eigenvalue weighted by Gasteiger charge is 2.56. The van der Waals surface area contributed by atoms with E-state index in [2.05, 4.69) is 37.2 Å². The Morgan fingerprint density at radius 2 is 1.81 bits per heavy atom. The van der Waals surface area contributed by atoms with Gasteiger partial charge in [0.05, 0.1) is 18.4 Å². The van der Waals surface area contributed by atoms with Crippen LogP contribution in [0.3, 0.4) is 0 Å². The first kappa shape index (κ1) is 19.5. The lowest BCUT2D eigenvalue weighted by Gasteiger charge is -2.58. The Balaban J connectivity index is 0.000000729. The molecule has 0 aromatic carbocycles. The minimum Gasteiger partial charge on any atom is -0.375 e. The zero-order valence-corrected chi connectivity index (χ0v) is 18.1. The lowest BCUT2D eigenvalue weighted by Crippen LogP contribution is -2.52. The SMILES string of the molecule is CC.CC(C)O[C@H]1CC[C@@H]2C1CC[C@H]1C2CC[C@H]2Cc3[nH]ncc3C[C@@]21C.[HH].[HH]. The number of hydrogen-bond donors (Lipinski definition) is 1. The highest BCUT2D eigenvalue weighted by molar-refractivity contribution is 5.25. The van der Waals surface area contributed by atoms with Crippen LogP contribution in [0.4, 0.5) is 0 Å². The third kappa shape index (κ3) is 3.18. The van der Waals surface area contributed by atoms with Crippen LogP contribution in [0.5, 0.6) is 0 Å². The maximum absolute atomic E-state index is 6.32. The lowest BCUT2D eigenvalue weighted by atomic mass is 9.47. The van der Waals surface area contributed by atoms with Gasteiger partial charge in [-0.3, -0.25) is 5.10 Å². The predicted octanol–water partition coefficient (Wildman–Crippen LogP) is 6.29. The number of fused-ring (bicyclic) bond motifs is 6. The Kier molecular flexibility index (Phi) is 5.44. The van der Waals surface area contributed by atoms with Gasteiger partial charge >= 0.3 is 0 Å². The smallest absolute Gasteiger partial charge is 0.0609 e. The van der Waals surface area contributed by atoms with Gasteiger partial charge in [0.1, 0.15) is 0 Å². The largest absolute Gasteiger partial charge is 0.375 e. The summed E-state index contributed by atoms with van der Waals surface area (Å²) in [4.78, 5) is 0. The monoisotopic (exact) mass is 376 g/mol. The second kappa shape index (κ2) is 7.54. The average Bonchev–Trinajstić information content (AvgIpc) is 3.27. The van der Waals surface area contributed by atoms with E-state index in [9.17, 15) is 0 Å². The van der Waals surface area contributed by atoms with Crippen molar-refractivity contribution in [2.75, 3.05) is 0 Å². The van der Waals surface area contributed by atoms with Crippen molar-refractivity contribution in [2.45, 2.75) is 98.2 Å². The van der Waals surface area contributed by atoms with E-state index in [0.29, 0.717) is 17.6 Å². The fourth-order valence-corrected chi connectivity index (χ4v) is 7.59. The Morgan fingerprint density at radius 1 is 1.07 bits per heavy atom. The molecule has 3 heteroatoms. The van der Waals surface area contributed by atoms with E-state index in [-0.39, 0.29) is 2.85 Å². The summed E-state index contributed by atoms with van der Waals surface area (Å²) in [7, 11) is 0. The van der Waals surface area contributed by atoms with Crippen molar-refractivity contribution >= 4 is 0 Å². The molecule has 3 nitrogen and oxygen atoms in total. The number of aromatic amines is 1. The summed E-state index contributed by atoms with van der Waals surface area (Å²) >= 11 is 0. The summed E-state index contributed by atoms with van der Waals surface area (Å²) < 4.78 is 6.32. The van der Waals surface area contributed by atoms with Gasteiger partial charge in [0, 0.05) is 8.55 Å². The predicted molar refractivity (Wildman–Crippen MR) is 115 cm³/mol. The Hall–Kier alpha value is -0.830. The number of hydrogen-bond acceptors (Lipinski definition) is 2. The van der Waals surface area contributed by atoms with Crippen LogP contribution in [0.25, 0.3) is 0 Å². The molecule has 4 aliphatic carbocycles. The second-order valence-corrected chi connectivity index (χ2v) is 10.0. The topological polar surface area (TPSA) is 37.9 Å². The van der Waals surface area contributed by atoms with Crippen molar-refractivity contribution in [1.29, 1.82) is 0 Å². The molecule has 3 fully saturated rings. The Morgan fingerprint density at radius 3 is 2.59 bits per heavy atom. The maximum atomic E-state index is 6.32. The number of aromatic nitrogens is 2. The summed E-state index contributed by atoms with van der Waals surface area (Å²) in [5.41, 5.74) is 3.44. The van der Waals surface area contributed by atoms with E-state index in [1.54, 1.807) is 0 Å². The normalized spacial score (nSPS) is 42.4. The van der Waals surface area contributed by atoms with E-state index >= 15 is 0 Å². The molecule has 3 saturated carbocycles. The van der Waals surface area contributed by atoms with Gasteiger partial charge in [-0.05, 0) is 106 Å². The molecule has 1 heterocycles. The molecule has 0 spiro atoms. The number of rotatable bonds is 2. The molecule has 5 rings (SSSR count). The Labute approximate surface area is 169 Å². The summed E-state index contributed by atoms with van der Waals surface area (Å²) in [6.45, 7) is 11.0. The molecule has 156 valence electrons. The molecule has 0 saturated heterocycles. The van der Waals surface area contributed by atoms with E-state index < -0.39 is 0 Å². The number of H-pyrrole nitrogens is 1. The first-order chi connectivity index (χ1) is 13.1. The molecular weight excluding hydrogens is 332 g/mol. The van der Waals surface area contributed by atoms with Gasteiger partial charge in [-0.25, -0.2) is 0 Å². The van der Waals surface area contributed by atoms with Gasteiger partial charge in [0.25, 0.3) is 0 Å². The first-order valence-electron chi connectivity index (χ1n) is 11.7. The Bertz CT molecular complexity index is 649. The second-order valence-electron chi connectivity index (χ2n) is 10.0. The van der Waals surface area contributed by atoms with E-state index in [1.807, 2.05) is 13.8 Å². The molecule has 7 atom stereocenters. The van der Waals surface area contributed by atoms with E-state index in [0.717, 1.165) is 29.6 Å². The van der Waals surface area contributed by atoms with Crippen LogP contribution in [-0.2, 0) is 17.6 Å². The summed E-state index contributed by atoms with van der Waals surface area (Å²) in [5.74, 6) is 4.52. The van der Waals surface area contributed by atoms with Gasteiger partial charge in [0.15, 0.2) is 0 Å². The van der Waals surface area contributed by atoms with Crippen LogP contribution in [0.2, 0.25) is 0 Å². The minimum atomic E-state index is 0. The zero-order valence-electron chi connectivity index (χ0n) is 18.1. The first-order valence-corrected chi connectivity index (χ1v) is 11.7. The van der Waals surface area contributed by atoms with E-state index in [1.165, 1.54) is 62.6 Å². The fraction of sp³-hybridized carbons (Fsp3) is 0.875. The van der Waals surface area contributed by atoms with Crippen molar-refractivity contribution < 1.29 is 7.59 Å². The van der Waals surface area contributed by atoms with Crippen LogP contribution in [0.1, 0.15) is 87.3 Å². The molecule has 1 aromatic heterocycles. The zero-order chi connectivity index (χ0) is 19.2. The highest BCUT2D eigenvalue weighted by atomic mass is 16.5. The molecule has 1 aromatic rings. The van der Waals surface area contributed by atoms with Crippen LogP contribution in [-0.4, -0.2) is 22.4 Å². The summed E-state index contributed by atoms with van der Waals surface area (Å²) in [6.07, 6.45) is 14.0. The van der Waals surface area contributed by atoms with Crippen molar-refractivity contribution in [3.8, 4) is 0 Å². The molecule has 4 aliphatic rings. The van der Waals surface area contributed by atoms with E-state index in [4.69, 9.17) is 4.74 Å². The van der Waals surface area contributed by atoms with Crippen LogP contribution < -0.4 is 0 Å². The van der Waals surface area contributed by atoms with Gasteiger partial charge in [-0.15, -0.1) is 0 Å². The lowest BCUT2D eigenvalue weighted by molar-refractivity contribution is -0.0928. The quantitative estimate of drug-likeness (QED) is 0.658. The van der Waals surface area contributed by atoms with Crippen LogP contribution in [0, 0.1) is 35.0 Å². The molecular formula is C24H44N2O. The third-order valence-electron chi connectivity index (χ3n) is 8.59. The van der Waals surface area contributed by atoms with Crippen molar-refractivity contribution in [2.24, 2.45) is 35.0 Å². The number of nitrogens with zero attached hydrogens (tertiary/aromatic N) is 1. The van der Waals surface area contributed by atoms with Crippen molar-refractivity contribution in [3.63, 3.8) is 0 Å². The molecule has 0 amide bonds. The molecule has 0 bridgehead atoms. The van der Waals surface area contributed by atoms with Crippen LogP contribution >= 0.6 is 0 Å². The van der Waals surface area contributed by atoms with Gasteiger partial charge in [0.2, 0.25) is 0 Å². The summed E-state index contributed by atoms with van der Waals surface area (Å²) in [6, 6.07) is 0. The van der Waals surface area contributed by atoms with Crippen molar-refractivity contribution in [3.05, 3.63) is 17.5 Å². The number of ether oxygens (including phenoxy) is 1. The molecule has 0 radical (unpaired) electrons. The summed E-state index contributed by atoms with van der Waals surface area (Å²) in [5, 5.41) is 7.62. The maximum Gasteiger partial charge on any atom is 0.0609 e. The van der Waals surface area contributed by atoms with Crippen LogP contribution in [0.15, 0.2) is 6.20 Å². The third-order valence-corrected chi connectivity index (χ3v) is 8.59. The molecule has 27 heavy (non-hydrogen) atoms. The average molecular weight is 377 g/mol. The van der Waals surface area contributed by atoms with Gasteiger partial charge in [-0.1, -0.05) is 20.8 Å². The highest BCUT2D eigenvalue weighted by Crippen LogP contribution is 2.62. The standard InChI is InChI=1S/C22H34N2O.C2H6.2H2/c1-13(2)25-21-9-7-16-17-5-4-15-10-20-14(12-23-24-20)11-22(15,3)19(17)8-6-18(16)21;1-2;;/h12-13,15-19,21H,4-11H2,1-3H3,(H,23,24);1-2H3;2*1H/t15-,16-,17?,18?,19-,21-,22-;;;/m0.../s1. The number of nitrogens with one attached hydrogen (secondary N) is 1. The molecule has 0 aliphatic heterocycles. The molecule has 2 unspecified atom stereocenters. The van der Waals surface area contributed by atoms with Crippen molar-refractivity contribution in [1.82, 2.24) is 10.2 Å². The van der Waals surface area contributed by atoms with Gasteiger partial charge < -0.3 is 4.74 Å². The fourth-order valence-electron chi connectivity index (χ4n) is 7.59. The minimum absolute atomic E-state index is 0. The van der Waals surface area contributed by atoms with Gasteiger partial charge in [-0.2, -0.15) is 5.10 Å². The molecule has 1 N–H and O–H groups in total.